The lowest BCUT2D eigenvalue weighted by atomic mass is 9.95. The summed E-state index contributed by atoms with van der Waals surface area (Å²) in [6.45, 7) is 4.27. The van der Waals surface area contributed by atoms with Crippen LogP contribution < -0.4 is 9.64 Å². The van der Waals surface area contributed by atoms with E-state index < -0.39 is 23.5 Å². The average Bonchev–Trinajstić information content (AvgIpc) is 3.06. The number of aryl methyl sites for hydroxylation is 1. The molecular formula is C26H22FNO4. The zero-order valence-corrected chi connectivity index (χ0v) is 17.7. The van der Waals surface area contributed by atoms with E-state index in [-0.39, 0.29) is 11.3 Å². The van der Waals surface area contributed by atoms with E-state index >= 15 is 0 Å². The number of aliphatic hydroxyl groups is 1. The zero-order chi connectivity index (χ0) is 22.8. The molecule has 0 radical (unpaired) electrons. The molecule has 1 fully saturated rings. The molecule has 1 heterocycles. The number of aliphatic hydroxyl groups excluding tert-OH is 1. The average molecular weight is 431 g/mol. The summed E-state index contributed by atoms with van der Waals surface area (Å²) in [5.41, 5.74) is 2.35. The van der Waals surface area contributed by atoms with Gasteiger partial charge in [-0.2, -0.15) is 0 Å². The Hall–Kier alpha value is -3.93. The van der Waals surface area contributed by atoms with E-state index in [0.717, 1.165) is 5.56 Å². The second kappa shape index (κ2) is 8.67. The van der Waals surface area contributed by atoms with E-state index in [1.54, 1.807) is 36.4 Å². The number of rotatable bonds is 5. The molecule has 0 spiro atoms. The Morgan fingerprint density at radius 3 is 2.19 bits per heavy atom. The topological polar surface area (TPSA) is 66.8 Å². The minimum absolute atomic E-state index is 0.0423. The molecule has 1 saturated heterocycles. The Bertz CT molecular complexity index is 1180. The van der Waals surface area contributed by atoms with Crippen LogP contribution in [0.5, 0.6) is 5.75 Å². The molecule has 3 aromatic carbocycles. The Morgan fingerprint density at radius 2 is 1.59 bits per heavy atom. The van der Waals surface area contributed by atoms with Crippen LogP contribution in [0, 0.1) is 12.7 Å². The van der Waals surface area contributed by atoms with Crippen LogP contribution in [0.1, 0.15) is 29.7 Å². The minimum Gasteiger partial charge on any atom is -0.507 e. The van der Waals surface area contributed by atoms with Gasteiger partial charge in [0.25, 0.3) is 11.7 Å². The molecule has 32 heavy (non-hydrogen) atoms. The van der Waals surface area contributed by atoms with Gasteiger partial charge in [-0.1, -0.05) is 42.0 Å². The summed E-state index contributed by atoms with van der Waals surface area (Å²) in [4.78, 5) is 27.5. The molecule has 6 heteroatoms. The highest BCUT2D eigenvalue weighted by Gasteiger charge is 2.46. The number of carbonyl (C=O) groups is 2. The van der Waals surface area contributed by atoms with E-state index in [1.807, 2.05) is 26.0 Å². The summed E-state index contributed by atoms with van der Waals surface area (Å²) < 4.78 is 19.1. The van der Waals surface area contributed by atoms with Gasteiger partial charge in [0, 0.05) is 11.3 Å². The van der Waals surface area contributed by atoms with Gasteiger partial charge in [0.1, 0.15) is 17.3 Å². The summed E-state index contributed by atoms with van der Waals surface area (Å²) in [6, 6.07) is 18.4. The Kier molecular flexibility index (Phi) is 5.77. The molecule has 4 rings (SSSR count). The van der Waals surface area contributed by atoms with Crippen LogP contribution in [0.3, 0.4) is 0 Å². The highest BCUT2D eigenvalue weighted by Crippen LogP contribution is 2.42. The molecule has 1 aliphatic rings. The van der Waals surface area contributed by atoms with Crippen molar-refractivity contribution in [2.24, 2.45) is 0 Å². The van der Waals surface area contributed by atoms with E-state index in [9.17, 15) is 19.1 Å². The van der Waals surface area contributed by atoms with E-state index in [4.69, 9.17) is 4.74 Å². The number of nitrogens with zero attached hydrogens (tertiary/aromatic N) is 1. The Balaban J connectivity index is 1.88. The maximum absolute atomic E-state index is 13.6. The number of ether oxygens (including phenoxy) is 1. The third-order valence-electron chi connectivity index (χ3n) is 5.38. The molecule has 1 atom stereocenters. The van der Waals surface area contributed by atoms with Gasteiger partial charge in [-0.3, -0.25) is 14.5 Å². The lowest BCUT2D eigenvalue weighted by Gasteiger charge is -2.25. The molecule has 1 amide bonds. The summed E-state index contributed by atoms with van der Waals surface area (Å²) in [5, 5.41) is 11.1. The van der Waals surface area contributed by atoms with Crippen molar-refractivity contribution in [1.29, 1.82) is 0 Å². The van der Waals surface area contributed by atoms with Gasteiger partial charge in [0.15, 0.2) is 0 Å². The first kappa shape index (κ1) is 21.3. The monoisotopic (exact) mass is 431 g/mol. The zero-order valence-electron chi connectivity index (χ0n) is 17.7. The lowest BCUT2D eigenvalue weighted by molar-refractivity contribution is -0.132. The van der Waals surface area contributed by atoms with Crippen LogP contribution in [0.15, 0.2) is 78.4 Å². The summed E-state index contributed by atoms with van der Waals surface area (Å²) >= 11 is 0. The summed E-state index contributed by atoms with van der Waals surface area (Å²) in [7, 11) is 0. The fourth-order valence-corrected chi connectivity index (χ4v) is 3.80. The highest BCUT2D eigenvalue weighted by molar-refractivity contribution is 6.51. The Morgan fingerprint density at radius 1 is 0.969 bits per heavy atom. The maximum Gasteiger partial charge on any atom is 0.300 e. The number of ketones is 1. The fourth-order valence-electron chi connectivity index (χ4n) is 3.80. The van der Waals surface area contributed by atoms with Crippen molar-refractivity contribution in [3.05, 3.63) is 101 Å². The molecule has 162 valence electrons. The van der Waals surface area contributed by atoms with Crippen LogP contribution in [0.25, 0.3) is 5.76 Å². The van der Waals surface area contributed by atoms with E-state index in [2.05, 4.69) is 0 Å². The van der Waals surface area contributed by atoms with Crippen molar-refractivity contribution in [3.63, 3.8) is 0 Å². The van der Waals surface area contributed by atoms with Gasteiger partial charge in [0.05, 0.1) is 18.2 Å². The van der Waals surface area contributed by atoms with Gasteiger partial charge in [-0.05, 0) is 55.8 Å². The van der Waals surface area contributed by atoms with Gasteiger partial charge in [-0.15, -0.1) is 0 Å². The minimum atomic E-state index is -0.908. The van der Waals surface area contributed by atoms with Crippen LogP contribution in [-0.2, 0) is 9.59 Å². The summed E-state index contributed by atoms with van der Waals surface area (Å²) in [5.74, 6) is -1.65. The van der Waals surface area contributed by atoms with Gasteiger partial charge < -0.3 is 9.84 Å². The molecule has 0 saturated carbocycles. The number of carbonyl (C=O) groups excluding carboxylic acids is 2. The molecule has 1 unspecified atom stereocenters. The normalized spacial score (nSPS) is 17.6. The number of hydrogen-bond donors (Lipinski definition) is 1. The number of benzene rings is 3. The van der Waals surface area contributed by atoms with Crippen molar-refractivity contribution in [2.75, 3.05) is 11.5 Å². The number of hydrogen-bond acceptors (Lipinski definition) is 4. The van der Waals surface area contributed by atoms with Crippen LogP contribution in [0.4, 0.5) is 10.1 Å². The predicted molar refractivity (Wildman–Crippen MR) is 120 cm³/mol. The third-order valence-corrected chi connectivity index (χ3v) is 5.38. The van der Waals surface area contributed by atoms with Crippen LogP contribution in [-0.4, -0.2) is 23.4 Å². The first-order chi connectivity index (χ1) is 15.4. The molecule has 0 bridgehead atoms. The molecule has 1 aliphatic heterocycles. The second-order valence-corrected chi connectivity index (χ2v) is 7.51. The first-order valence-corrected chi connectivity index (χ1v) is 10.3. The first-order valence-electron chi connectivity index (χ1n) is 10.3. The fraction of sp³-hybridized carbons (Fsp3) is 0.154. The predicted octanol–water partition coefficient (Wildman–Crippen LogP) is 5.16. The SMILES string of the molecule is CCOc1ccc(N2C(=O)C(=O)C(=C(O)c3ccc(C)cc3)C2c2ccc(F)cc2)cc1. The highest BCUT2D eigenvalue weighted by atomic mass is 19.1. The number of halogens is 1. The third kappa shape index (κ3) is 3.87. The van der Waals surface area contributed by atoms with Crippen LogP contribution >= 0.6 is 0 Å². The number of anilines is 1. The van der Waals surface area contributed by atoms with Crippen molar-refractivity contribution in [2.45, 2.75) is 19.9 Å². The molecule has 5 nitrogen and oxygen atoms in total. The van der Waals surface area contributed by atoms with Gasteiger partial charge >= 0.3 is 0 Å². The molecule has 0 aromatic heterocycles. The largest absolute Gasteiger partial charge is 0.507 e. The molecular weight excluding hydrogens is 409 g/mol. The van der Waals surface area contributed by atoms with E-state index in [0.29, 0.717) is 29.2 Å². The van der Waals surface area contributed by atoms with Crippen molar-refractivity contribution < 1.29 is 23.8 Å². The van der Waals surface area contributed by atoms with Gasteiger partial charge in [0.2, 0.25) is 0 Å². The standard InChI is InChI=1S/C26H22FNO4/c1-3-32-21-14-12-20(13-15-21)28-23(17-8-10-19(27)11-9-17)22(25(30)26(28)31)24(29)18-6-4-16(2)5-7-18/h4-15,23,29H,3H2,1-2H3. The molecule has 3 aromatic rings. The van der Waals surface area contributed by atoms with Crippen molar-refractivity contribution >= 4 is 23.1 Å². The smallest absolute Gasteiger partial charge is 0.300 e. The quantitative estimate of drug-likeness (QED) is 0.344. The Labute approximate surface area is 185 Å². The summed E-state index contributed by atoms with van der Waals surface area (Å²) in [6.07, 6.45) is 0. The van der Waals surface area contributed by atoms with E-state index in [1.165, 1.54) is 29.2 Å². The van der Waals surface area contributed by atoms with Crippen molar-refractivity contribution in [1.82, 2.24) is 0 Å². The second-order valence-electron chi connectivity index (χ2n) is 7.51. The number of amides is 1. The number of Topliss-reactive ketones (excluding diaryl/α,β-unsaturated/α-hetero) is 1. The molecule has 1 N–H and O–H groups in total. The maximum atomic E-state index is 13.6. The van der Waals surface area contributed by atoms with Crippen LogP contribution in [0.2, 0.25) is 0 Å². The van der Waals surface area contributed by atoms with Crippen molar-refractivity contribution in [3.8, 4) is 5.75 Å². The molecule has 0 aliphatic carbocycles. The van der Waals surface area contributed by atoms with Gasteiger partial charge in [-0.25, -0.2) is 4.39 Å². The lowest BCUT2D eigenvalue weighted by Crippen LogP contribution is -2.29.